The molecule has 0 radical (unpaired) electrons. The third-order valence-corrected chi connectivity index (χ3v) is 5.35. The number of rotatable bonds is 3. The highest BCUT2D eigenvalue weighted by Gasteiger charge is 2.18. The highest BCUT2D eigenvalue weighted by molar-refractivity contribution is 7.92. The predicted octanol–water partition coefficient (Wildman–Crippen LogP) is 2.06. The van der Waals surface area contributed by atoms with Gasteiger partial charge in [0.25, 0.3) is 10.0 Å². The Hall–Kier alpha value is -2.08. The maximum Gasteiger partial charge on any atom is 0.261 e. The van der Waals surface area contributed by atoms with E-state index in [1.54, 1.807) is 19.2 Å². The van der Waals surface area contributed by atoms with E-state index >= 15 is 0 Å². The Morgan fingerprint density at radius 2 is 1.77 bits per heavy atom. The second-order valence-electron chi connectivity index (χ2n) is 5.61. The Labute approximate surface area is 129 Å². The van der Waals surface area contributed by atoms with Crippen LogP contribution in [-0.2, 0) is 29.9 Å². The summed E-state index contributed by atoms with van der Waals surface area (Å²) in [6.45, 7) is 0. The summed E-state index contributed by atoms with van der Waals surface area (Å²) in [5.41, 5.74) is 2.55. The van der Waals surface area contributed by atoms with E-state index in [2.05, 4.69) is 4.72 Å². The number of nitrogens with one attached hydrogen (secondary N) is 1. The van der Waals surface area contributed by atoms with E-state index in [0.717, 1.165) is 31.2 Å². The molecule has 1 N–H and O–H groups in total. The molecule has 22 heavy (non-hydrogen) atoms. The monoisotopic (exact) mass is 318 g/mol. The maximum atomic E-state index is 12.5. The van der Waals surface area contributed by atoms with Crippen molar-refractivity contribution in [3.05, 3.63) is 58.0 Å². The van der Waals surface area contributed by atoms with Crippen molar-refractivity contribution in [1.82, 2.24) is 4.57 Å². The Kier molecular flexibility index (Phi) is 3.78. The molecule has 6 heteroatoms. The van der Waals surface area contributed by atoms with E-state index in [0.29, 0.717) is 5.69 Å². The fourth-order valence-electron chi connectivity index (χ4n) is 2.75. The number of nitrogens with zero attached hydrogens (tertiary/aromatic N) is 1. The van der Waals surface area contributed by atoms with Gasteiger partial charge in [0.15, 0.2) is 0 Å². The number of sulfonamides is 1. The first kappa shape index (κ1) is 14.8. The van der Waals surface area contributed by atoms with Crippen LogP contribution in [0.5, 0.6) is 0 Å². The van der Waals surface area contributed by atoms with Crippen LogP contribution in [0.25, 0.3) is 0 Å². The Balaban J connectivity index is 1.92. The molecule has 3 rings (SSSR count). The van der Waals surface area contributed by atoms with E-state index in [-0.39, 0.29) is 10.5 Å². The number of hydrogen-bond acceptors (Lipinski definition) is 3. The average molecular weight is 318 g/mol. The van der Waals surface area contributed by atoms with E-state index < -0.39 is 10.0 Å². The second kappa shape index (κ2) is 5.61. The van der Waals surface area contributed by atoms with Crippen LogP contribution in [0.15, 0.2) is 46.2 Å². The van der Waals surface area contributed by atoms with Crippen LogP contribution in [-0.4, -0.2) is 13.0 Å². The molecule has 5 nitrogen and oxygen atoms in total. The standard InChI is InChI=1S/C16H18N2O3S/c1-18-11-14(7-9-16(18)19)17-22(20,21)15-8-6-12-4-2-3-5-13(12)10-15/h6-11,17H,2-5H2,1H3. The van der Waals surface area contributed by atoms with E-state index in [4.69, 9.17) is 0 Å². The predicted molar refractivity (Wildman–Crippen MR) is 85.6 cm³/mol. The molecule has 0 saturated heterocycles. The molecular formula is C16H18N2O3S. The van der Waals surface area contributed by atoms with Gasteiger partial charge in [0.1, 0.15) is 0 Å². The van der Waals surface area contributed by atoms with Gasteiger partial charge in [-0.2, -0.15) is 0 Å². The quantitative estimate of drug-likeness (QED) is 0.942. The smallest absolute Gasteiger partial charge is 0.261 e. The van der Waals surface area contributed by atoms with Gasteiger partial charge in [0.2, 0.25) is 5.56 Å². The van der Waals surface area contributed by atoms with E-state index in [1.807, 2.05) is 6.07 Å². The van der Waals surface area contributed by atoms with Crippen molar-refractivity contribution < 1.29 is 8.42 Å². The molecule has 1 aromatic carbocycles. The summed E-state index contributed by atoms with van der Waals surface area (Å²) in [7, 11) is -2.06. The number of pyridine rings is 1. The highest BCUT2D eigenvalue weighted by atomic mass is 32.2. The number of anilines is 1. The van der Waals surface area contributed by atoms with Crippen LogP contribution >= 0.6 is 0 Å². The van der Waals surface area contributed by atoms with Crippen molar-refractivity contribution in [2.75, 3.05) is 4.72 Å². The first-order valence-electron chi connectivity index (χ1n) is 7.27. The van der Waals surface area contributed by atoms with Crippen LogP contribution in [0, 0.1) is 0 Å². The molecule has 0 saturated carbocycles. The van der Waals surface area contributed by atoms with Gasteiger partial charge in [0.05, 0.1) is 10.6 Å². The lowest BCUT2D eigenvalue weighted by atomic mass is 9.92. The molecule has 0 amide bonds. The maximum absolute atomic E-state index is 12.5. The molecule has 0 unspecified atom stereocenters. The van der Waals surface area contributed by atoms with Gasteiger partial charge in [0, 0.05) is 19.3 Å². The summed E-state index contributed by atoms with van der Waals surface area (Å²) in [5, 5.41) is 0. The van der Waals surface area contributed by atoms with Gasteiger partial charge in [-0.05, 0) is 55.0 Å². The molecule has 2 aromatic rings. The summed E-state index contributed by atoms with van der Waals surface area (Å²) in [6.07, 6.45) is 5.68. The molecule has 1 aliphatic carbocycles. The Morgan fingerprint density at radius 1 is 1.05 bits per heavy atom. The zero-order valence-corrected chi connectivity index (χ0v) is 13.2. The summed E-state index contributed by atoms with van der Waals surface area (Å²) in [6, 6.07) is 8.13. The molecule has 0 aliphatic heterocycles. The van der Waals surface area contributed by atoms with Crippen LogP contribution in [0.2, 0.25) is 0 Å². The van der Waals surface area contributed by atoms with Crippen molar-refractivity contribution in [3.8, 4) is 0 Å². The summed E-state index contributed by atoms with van der Waals surface area (Å²) < 4.78 is 28.8. The molecule has 116 valence electrons. The van der Waals surface area contributed by atoms with Crippen LogP contribution in [0.3, 0.4) is 0 Å². The Bertz CT molecular complexity index is 869. The Morgan fingerprint density at radius 3 is 2.50 bits per heavy atom. The first-order chi connectivity index (χ1) is 10.5. The second-order valence-corrected chi connectivity index (χ2v) is 7.29. The number of hydrogen-bond donors (Lipinski definition) is 1. The minimum absolute atomic E-state index is 0.184. The highest BCUT2D eigenvalue weighted by Crippen LogP contribution is 2.25. The zero-order chi connectivity index (χ0) is 15.7. The molecule has 0 fully saturated rings. The average Bonchev–Trinajstić information content (AvgIpc) is 2.50. The van der Waals surface area contributed by atoms with Crippen molar-refractivity contribution in [2.24, 2.45) is 7.05 Å². The normalized spacial score (nSPS) is 14.4. The summed E-state index contributed by atoms with van der Waals surface area (Å²) in [5.74, 6) is 0. The fraction of sp³-hybridized carbons (Fsp3) is 0.312. The summed E-state index contributed by atoms with van der Waals surface area (Å²) >= 11 is 0. The number of benzene rings is 1. The minimum atomic E-state index is -3.64. The van der Waals surface area contributed by atoms with Gasteiger partial charge in [-0.25, -0.2) is 8.42 Å². The van der Waals surface area contributed by atoms with Crippen LogP contribution in [0.4, 0.5) is 5.69 Å². The zero-order valence-electron chi connectivity index (χ0n) is 12.4. The van der Waals surface area contributed by atoms with E-state index in [9.17, 15) is 13.2 Å². The third kappa shape index (κ3) is 2.92. The SMILES string of the molecule is Cn1cc(NS(=O)(=O)c2ccc3c(c2)CCCC3)ccc1=O. The third-order valence-electron chi connectivity index (χ3n) is 3.97. The van der Waals surface area contributed by atoms with Crippen molar-refractivity contribution in [3.63, 3.8) is 0 Å². The van der Waals surface area contributed by atoms with Gasteiger partial charge >= 0.3 is 0 Å². The minimum Gasteiger partial charge on any atom is -0.316 e. The van der Waals surface area contributed by atoms with Crippen molar-refractivity contribution in [2.45, 2.75) is 30.6 Å². The lowest BCUT2D eigenvalue weighted by Crippen LogP contribution is -2.18. The molecule has 0 spiro atoms. The molecule has 1 aromatic heterocycles. The summed E-state index contributed by atoms with van der Waals surface area (Å²) in [4.78, 5) is 11.6. The molecule has 0 atom stereocenters. The molecule has 0 bridgehead atoms. The number of fused-ring (bicyclic) bond motifs is 1. The molecule has 1 aliphatic rings. The largest absolute Gasteiger partial charge is 0.316 e. The number of aromatic nitrogens is 1. The molecule has 1 heterocycles. The fourth-order valence-corrected chi connectivity index (χ4v) is 3.84. The van der Waals surface area contributed by atoms with Crippen LogP contribution < -0.4 is 10.3 Å². The topological polar surface area (TPSA) is 68.2 Å². The van der Waals surface area contributed by atoms with Crippen molar-refractivity contribution >= 4 is 15.7 Å². The van der Waals surface area contributed by atoms with Gasteiger partial charge < -0.3 is 4.57 Å². The number of aryl methyl sites for hydroxylation is 3. The van der Waals surface area contributed by atoms with Gasteiger partial charge in [-0.3, -0.25) is 9.52 Å². The van der Waals surface area contributed by atoms with Crippen LogP contribution in [0.1, 0.15) is 24.0 Å². The lowest BCUT2D eigenvalue weighted by Gasteiger charge is -2.17. The van der Waals surface area contributed by atoms with E-state index in [1.165, 1.54) is 28.5 Å². The first-order valence-corrected chi connectivity index (χ1v) is 8.75. The van der Waals surface area contributed by atoms with Gasteiger partial charge in [-0.1, -0.05) is 6.07 Å². The lowest BCUT2D eigenvalue weighted by molar-refractivity contribution is 0.600. The molecular weight excluding hydrogens is 300 g/mol. The van der Waals surface area contributed by atoms with Gasteiger partial charge in [-0.15, -0.1) is 0 Å². The van der Waals surface area contributed by atoms with Crippen molar-refractivity contribution in [1.29, 1.82) is 0 Å².